The van der Waals surface area contributed by atoms with Crippen LogP contribution in [0.2, 0.25) is 0 Å². The Kier molecular flexibility index (Phi) is 6.48. The molecule has 1 rings (SSSR count). The summed E-state index contributed by atoms with van der Waals surface area (Å²) in [5.41, 5.74) is 0.124. The van der Waals surface area contributed by atoms with E-state index in [0.717, 1.165) is 27.2 Å². The Hall–Kier alpha value is -2.88. The van der Waals surface area contributed by atoms with E-state index in [0.29, 0.717) is 5.69 Å². The Bertz CT molecular complexity index is 767. The lowest BCUT2D eigenvalue weighted by Crippen LogP contribution is -2.28. The molecule has 0 bridgehead atoms. The summed E-state index contributed by atoms with van der Waals surface area (Å²) in [6, 6.07) is 5.15. The molecule has 0 atom stereocenters. The lowest BCUT2D eigenvalue weighted by atomic mass is 10.3. The number of esters is 2. The molecule has 130 valence electrons. The molecule has 0 aliphatic carbocycles. The number of anilines is 1. The molecule has 1 aromatic rings. The Morgan fingerprint density at radius 1 is 1.04 bits per heavy atom. The SMILES string of the molecule is COC(=O)/C=C(/Nc1ccc(S(=O)(=O)NC(C)=O)cc1)C(=O)OC. The molecule has 9 nitrogen and oxygen atoms in total. The normalized spacial score (nSPS) is 11.4. The minimum absolute atomic E-state index is 0.139. The summed E-state index contributed by atoms with van der Waals surface area (Å²) < 4.78 is 34.4. The molecule has 0 saturated carbocycles. The van der Waals surface area contributed by atoms with E-state index in [9.17, 15) is 22.8 Å². The summed E-state index contributed by atoms with van der Waals surface area (Å²) in [7, 11) is -1.67. The van der Waals surface area contributed by atoms with Gasteiger partial charge in [0.1, 0.15) is 5.70 Å². The van der Waals surface area contributed by atoms with Crippen LogP contribution in [0.4, 0.5) is 5.69 Å². The summed E-state index contributed by atoms with van der Waals surface area (Å²) in [6.45, 7) is 1.08. The minimum atomic E-state index is -3.96. The van der Waals surface area contributed by atoms with E-state index in [-0.39, 0.29) is 10.6 Å². The van der Waals surface area contributed by atoms with Crippen molar-refractivity contribution in [2.24, 2.45) is 0 Å². The molecule has 0 heterocycles. The van der Waals surface area contributed by atoms with Crippen molar-refractivity contribution in [2.75, 3.05) is 19.5 Å². The van der Waals surface area contributed by atoms with Crippen LogP contribution in [0.15, 0.2) is 40.9 Å². The molecule has 10 heteroatoms. The van der Waals surface area contributed by atoms with Crippen LogP contribution >= 0.6 is 0 Å². The minimum Gasteiger partial charge on any atom is -0.466 e. The molecule has 2 N–H and O–H groups in total. The highest BCUT2D eigenvalue weighted by Gasteiger charge is 2.16. The first-order chi connectivity index (χ1) is 11.2. The zero-order chi connectivity index (χ0) is 18.3. The number of hydrogen-bond donors (Lipinski definition) is 2. The van der Waals surface area contributed by atoms with Gasteiger partial charge in [-0.25, -0.2) is 22.7 Å². The van der Waals surface area contributed by atoms with Gasteiger partial charge < -0.3 is 14.8 Å². The highest BCUT2D eigenvalue weighted by Crippen LogP contribution is 2.16. The van der Waals surface area contributed by atoms with Crippen LogP contribution in [-0.2, 0) is 33.9 Å². The highest BCUT2D eigenvalue weighted by atomic mass is 32.2. The first-order valence-electron chi connectivity index (χ1n) is 6.48. The lowest BCUT2D eigenvalue weighted by Gasteiger charge is -2.10. The maximum Gasteiger partial charge on any atom is 0.354 e. The van der Waals surface area contributed by atoms with Gasteiger partial charge in [-0.05, 0) is 24.3 Å². The Labute approximate surface area is 138 Å². The number of ether oxygens (including phenoxy) is 2. The van der Waals surface area contributed by atoms with Gasteiger partial charge in [0.2, 0.25) is 5.91 Å². The molecular formula is C14H16N2O7S. The summed E-state index contributed by atoms with van der Waals surface area (Å²) in [4.78, 5) is 33.6. The quantitative estimate of drug-likeness (QED) is 0.545. The molecular weight excluding hydrogens is 340 g/mol. The summed E-state index contributed by atoms with van der Waals surface area (Å²) >= 11 is 0. The summed E-state index contributed by atoms with van der Waals surface area (Å²) in [5, 5.41) is 2.62. The van der Waals surface area contributed by atoms with Crippen molar-refractivity contribution in [3.8, 4) is 0 Å². The zero-order valence-corrected chi connectivity index (χ0v) is 14.0. The van der Waals surface area contributed by atoms with Gasteiger partial charge in [-0.2, -0.15) is 0 Å². The molecule has 0 unspecified atom stereocenters. The number of sulfonamides is 1. The van der Waals surface area contributed by atoms with Crippen molar-refractivity contribution in [1.29, 1.82) is 0 Å². The molecule has 0 aromatic heterocycles. The van der Waals surface area contributed by atoms with Crippen LogP contribution in [0, 0.1) is 0 Å². The van der Waals surface area contributed by atoms with Crippen LogP contribution in [0.1, 0.15) is 6.92 Å². The van der Waals surface area contributed by atoms with E-state index in [4.69, 9.17) is 0 Å². The Morgan fingerprint density at radius 2 is 1.62 bits per heavy atom. The van der Waals surface area contributed by atoms with Gasteiger partial charge in [0.15, 0.2) is 0 Å². The smallest absolute Gasteiger partial charge is 0.354 e. The second-order valence-electron chi connectivity index (χ2n) is 4.38. The number of benzene rings is 1. The third-order valence-electron chi connectivity index (χ3n) is 2.59. The Morgan fingerprint density at radius 3 is 2.08 bits per heavy atom. The van der Waals surface area contributed by atoms with Gasteiger partial charge in [-0.3, -0.25) is 4.79 Å². The number of carbonyl (C=O) groups is 3. The van der Waals surface area contributed by atoms with E-state index in [1.54, 1.807) is 0 Å². The monoisotopic (exact) mass is 356 g/mol. The van der Waals surface area contributed by atoms with Gasteiger partial charge >= 0.3 is 11.9 Å². The van der Waals surface area contributed by atoms with Crippen molar-refractivity contribution in [1.82, 2.24) is 4.72 Å². The molecule has 0 aliphatic rings. The average Bonchev–Trinajstić information content (AvgIpc) is 2.52. The largest absolute Gasteiger partial charge is 0.466 e. The predicted octanol–water partition coefficient (Wildman–Crippen LogP) is 0.153. The summed E-state index contributed by atoms with van der Waals surface area (Å²) in [5.74, 6) is -2.30. The predicted molar refractivity (Wildman–Crippen MR) is 83.2 cm³/mol. The molecule has 0 fully saturated rings. The fraction of sp³-hybridized carbons (Fsp3) is 0.214. The maximum atomic E-state index is 11.8. The highest BCUT2D eigenvalue weighted by molar-refractivity contribution is 7.90. The first kappa shape index (κ1) is 19.2. The molecule has 1 amide bonds. The van der Waals surface area contributed by atoms with Gasteiger partial charge in [-0.15, -0.1) is 0 Å². The fourth-order valence-electron chi connectivity index (χ4n) is 1.55. The summed E-state index contributed by atoms with van der Waals surface area (Å²) in [6.07, 6.45) is 0.897. The van der Waals surface area contributed by atoms with Crippen LogP contribution < -0.4 is 10.0 Å². The van der Waals surface area contributed by atoms with E-state index in [1.807, 2.05) is 4.72 Å². The second kappa shape index (κ2) is 8.11. The van der Waals surface area contributed by atoms with E-state index >= 15 is 0 Å². The Balaban J connectivity index is 3.03. The number of hydrogen-bond acceptors (Lipinski definition) is 8. The van der Waals surface area contributed by atoms with Crippen LogP contribution in [0.5, 0.6) is 0 Å². The molecule has 0 aliphatic heterocycles. The van der Waals surface area contributed by atoms with Crippen molar-refractivity contribution in [2.45, 2.75) is 11.8 Å². The van der Waals surface area contributed by atoms with Gasteiger partial charge in [0.05, 0.1) is 25.2 Å². The fourth-order valence-corrected chi connectivity index (χ4v) is 2.54. The number of carbonyl (C=O) groups excluding carboxylic acids is 3. The number of amides is 1. The van der Waals surface area contributed by atoms with Crippen LogP contribution in [-0.4, -0.2) is 40.5 Å². The zero-order valence-electron chi connectivity index (χ0n) is 13.2. The second-order valence-corrected chi connectivity index (χ2v) is 6.07. The molecule has 24 heavy (non-hydrogen) atoms. The van der Waals surface area contributed by atoms with Crippen molar-refractivity contribution in [3.63, 3.8) is 0 Å². The van der Waals surface area contributed by atoms with Crippen molar-refractivity contribution < 1.29 is 32.3 Å². The molecule has 1 aromatic carbocycles. The van der Waals surface area contributed by atoms with E-state index in [1.165, 1.54) is 24.3 Å². The topological polar surface area (TPSA) is 128 Å². The number of rotatable bonds is 6. The van der Waals surface area contributed by atoms with Gasteiger partial charge in [0, 0.05) is 12.6 Å². The van der Waals surface area contributed by atoms with Gasteiger partial charge in [-0.1, -0.05) is 0 Å². The van der Waals surface area contributed by atoms with Crippen molar-refractivity contribution in [3.05, 3.63) is 36.0 Å². The van der Waals surface area contributed by atoms with Crippen molar-refractivity contribution >= 4 is 33.6 Å². The third kappa shape index (κ3) is 5.39. The lowest BCUT2D eigenvalue weighted by molar-refractivity contribution is -0.138. The third-order valence-corrected chi connectivity index (χ3v) is 4.04. The molecule has 0 spiro atoms. The standard InChI is InChI=1S/C14H16N2O7S/c1-9(17)16-24(20,21)11-6-4-10(5-7-11)15-12(14(19)23-3)8-13(18)22-2/h4-8,15H,1-3H3,(H,16,17)/b12-8+. The van der Waals surface area contributed by atoms with Crippen LogP contribution in [0.25, 0.3) is 0 Å². The van der Waals surface area contributed by atoms with E-state index < -0.39 is 27.9 Å². The maximum absolute atomic E-state index is 11.8. The van der Waals surface area contributed by atoms with Gasteiger partial charge in [0.25, 0.3) is 10.0 Å². The van der Waals surface area contributed by atoms with Crippen LogP contribution in [0.3, 0.4) is 0 Å². The van der Waals surface area contributed by atoms with E-state index in [2.05, 4.69) is 14.8 Å². The number of nitrogens with one attached hydrogen (secondary N) is 2. The number of methoxy groups -OCH3 is 2. The average molecular weight is 356 g/mol. The molecule has 0 radical (unpaired) electrons. The molecule has 0 saturated heterocycles. The first-order valence-corrected chi connectivity index (χ1v) is 7.96.